The molecular weight excluding hydrogens is 319 g/mol. The van der Waals surface area contributed by atoms with E-state index in [4.69, 9.17) is 0 Å². The molecule has 0 aliphatic heterocycles. The summed E-state index contributed by atoms with van der Waals surface area (Å²) in [6.45, 7) is 0.206. The van der Waals surface area contributed by atoms with E-state index in [2.05, 4.69) is 4.98 Å². The molecule has 1 amide bonds. The van der Waals surface area contributed by atoms with Gasteiger partial charge in [-0.2, -0.15) is 0 Å². The van der Waals surface area contributed by atoms with E-state index in [1.165, 1.54) is 12.1 Å². The lowest BCUT2D eigenvalue weighted by Gasteiger charge is -2.23. The zero-order valence-electron chi connectivity index (χ0n) is 13.5. The second kappa shape index (κ2) is 6.16. The van der Waals surface area contributed by atoms with Gasteiger partial charge in [-0.1, -0.05) is 36.4 Å². The number of fused-ring (bicyclic) bond motifs is 1. The van der Waals surface area contributed by atoms with Crippen LogP contribution in [0.4, 0.5) is 4.39 Å². The van der Waals surface area contributed by atoms with Gasteiger partial charge in [-0.05, 0) is 25.0 Å². The summed E-state index contributed by atoms with van der Waals surface area (Å²) in [4.78, 5) is 29.5. The molecule has 126 valence electrons. The average Bonchev–Trinajstić information content (AvgIpc) is 3.44. The van der Waals surface area contributed by atoms with E-state index >= 15 is 0 Å². The second-order valence-corrected chi connectivity index (χ2v) is 6.35. The first-order chi connectivity index (χ1) is 12.1. The number of nitrogens with zero attached hydrogens (tertiary/aromatic N) is 1. The highest BCUT2D eigenvalue weighted by atomic mass is 19.1. The van der Waals surface area contributed by atoms with Gasteiger partial charge < -0.3 is 9.88 Å². The first-order valence-electron chi connectivity index (χ1n) is 8.30. The minimum atomic E-state index is -0.322. The minimum absolute atomic E-state index is 0.102. The van der Waals surface area contributed by atoms with Crippen LogP contribution in [0.3, 0.4) is 0 Å². The predicted molar refractivity (Wildman–Crippen MR) is 93.9 cm³/mol. The number of carbonyl (C=O) groups is 1. The van der Waals surface area contributed by atoms with Crippen LogP contribution in [0.5, 0.6) is 0 Å². The van der Waals surface area contributed by atoms with E-state index in [0.717, 1.165) is 12.8 Å². The topological polar surface area (TPSA) is 53.2 Å². The fourth-order valence-corrected chi connectivity index (χ4v) is 3.10. The molecule has 1 aliphatic rings. The molecule has 0 bridgehead atoms. The molecule has 1 saturated carbocycles. The minimum Gasteiger partial charge on any atom is -0.331 e. The van der Waals surface area contributed by atoms with Crippen LogP contribution in [0.25, 0.3) is 10.9 Å². The van der Waals surface area contributed by atoms with E-state index in [9.17, 15) is 14.0 Å². The number of H-pyrrole nitrogens is 1. The van der Waals surface area contributed by atoms with Crippen molar-refractivity contribution in [3.05, 3.63) is 81.9 Å². The third-order valence-corrected chi connectivity index (χ3v) is 4.53. The van der Waals surface area contributed by atoms with E-state index < -0.39 is 0 Å². The molecule has 1 aromatic heterocycles. The molecule has 4 nitrogen and oxygen atoms in total. The molecule has 1 aliphatic carbocycles. The number of para-hydroxylation sites is 1. The van der Waals surface area contributed by atoms with Gasteiger partial charge >= 0.3 is 0 Å². The summed E-state index contributed by atoms with van der Waals surface area (Å²) in [6, 6.07) is 15.1. The van der Waals surface area contributed by atoms with Crippen LogP contribution in [-0.4, -0.2) is 21.8 Å². The number of pyridine rings is 1. The Kier molecular flexibility index (Phi) is 3.84. The molecule has 4 rings (SSSR count). The summed E-state index contributed by atoms with van der Waals surface area (Å²) in [6.07, 6.45) is 1.81. The van der Waals surface area contributed by atoms with Crippen LogP contribution < -0.4 is 5.56 Å². The van der Waals surface area contributed by atoms with Crippen molar-refractivity contribution >= 4 is 16.8 Å². The zero-order valence-corrected chi connectivity index (χ0v) is 13.5. The number of hydrogen-bond donors (Lipinski definition) is 1. The Hall–Kier alpha value is -2.95. The molecule has 0 atom stereocenters. The number of halogens is 1. The number of aromatic nitrogens is 1. The molecule has 5 heteroatoms. The maximum Gasteiger partial charge on any atom is 0.255 e. The normalized spacial score (nSPS) is 13.8. The Morgan fingerprint density at radius 2 is 1.84 bits per heavy atom. The number of hydrogen-bond acceptors (Lipinski definition) is 2. The highest BCUT2D eigenvalue weighted by Crippen LogP contribution is 2.31. The molecule has 1 fully saturated rings. The average molecular weight is 336 g/mol. The highest BCUT2D eigenvalue weighted by Gasteiger charge is 2.34. The number of amides is 1. The molecule has 0 saturated heterocycles. The lowest BCUT2D eigenvalue weighted by Crippen LogP contribution is -2.33. The van der Waals surface area contributed by atoms with Crippen molar-refractivity contribution in [1.82, 2.24) is 9.88 Å². The SMILES string of the molecule is O=C(c1cc(=O)[nH]c2ccccc12)N(Cc1ccccc1F)C1CC1. The van der Waals surface area contributed by atoms with Crippen LogP contribution in [0, 0.1) is 5.82 Å². The van der Waals surface area contributed by atoms with Gasteiger partial charge in [0.2, 0.25) is 5.56 Å². The number of aromatic amines is 1. The molecule has 2 aromatic carbocycles. The van der Waals surface area contributed by atoms with Gasteiger partial charge in [0, 0.05) is 35.1 Å². The quantitative estimate of drug-likeness (QED) is 0.793. The number of rotatable bonds is 4. The first kappa shape index (κ1) is 15.6. The van der Waals surface area contributed by atoms with E-state index in [1.54, 1.807) is 29.2 Å². The lowest BCUT2D eigenvalue weighted by atomic mass is 10.1. The van der Waals surface area contributed by atoms with E-state index in [-0.39, 0.29) is 29.9 Å². The summed E-state index contributed by atoms with van der Waals surface area (Å²) in [7, 11) is 0. The number of carbonyl (C=O) groups excluding carboxylic acids is 1. The van der Waals surface area contributed by atoms with Gasteiger partial charge in [0.15, 0.2) is 0 Å². The molecule has 1 heterocycles. The van der Waals surface area contributed by atoms with Crippen molar-refractivity contribution in [3.8, 4) is 0 Å². The van der Waals surface area contributed by atoms with E-state index in [1.807, 2.05) is 18.2 Å². The molecule has 3 aromatic rings. The summed E-state index contributed by atoms with van der Waals surface area (Å²) >= 11 is 0. The third-order valence-electron chi connectivity index (χ3n) is 4.53. The van der Waals surface area contributed by atoms with E-state index in [0.29, 0.717) is 22.0 Å². The molecule has 1 N–H and O–H groups in total. The largest absolute Gasteiger partial charge is 0.331 e. The fourth-order valence-electron chi connectivity index (χ4n) is 3.10. The molecular formula is C20H17FN2O2. The van der Waals surface area contributed by atoms with Crippen molar-refractivity contribution in [2.75, 3.05) is 0 Å². The Morgan fingerprint density at radius 3 is 2.60 bits per heavy atom. The standard InChI is InChI=1S/C20H17FN2O2/c21-17-7-3-1-5-13(17)12-23(14-9-10-14)20(25)16-11-19(24)22-18-8-4-2-6-15(16)18/h1-8,11,14H,9-10,12H2,(H,22,24). The molecule has 0 radical (unpaired) electrons. The maximum absolute atomic E-state index is 14.0. The van der Waals surface area contributed by atoms with Crippen LogP contribution in [0.1, 0.15) is 28.8 Å². The van der Waals surface area contributed by atoms with Crippen molar-refractivity contribution in [2.24, 2.45) is 0 Å². The molecule has 25 heavy (non-hydrogen) atoms. The Morgan fingerprint density at radius 1 is 1.12 bits per heavy atom. The van der Waals surface area contributed by atoms with Crippen molar-refractivity contribution in [2.45, 2.75) is 25.4 Å². The van der Waals surface area contributed by atoms with Crippen LogP contribution in [-0.2, 0) is 6.54 Å². The predicted octanol–water partition coefficient (Wildman–Crippen LogP) is 3.47. The van der Waals surface area contributed by atoms with Gasteiger partial charge in [-0.3, -0.25) is 9.59 Å². The number of nitrogens with one attached hydrogen (secondary N) is 1. The smallest absolute Gasteiger partial charge is 0.255 e. The first-order valence-corrected chi connectivity index (χ1v) is 8.30. The Balaban J connectivity index is 1.75. The van der Waals surface area contributed by atoms with Gasteiger partial charge in [0.1, 0.15) is 5.82 Å². The fraction of sp³-hybridized carbons (Fsp3) is 0.200. The van der Waals surface area contributed by atoms with Gasteiger partial charge in [-0.15, -0.1) is 0 Å². The van der Waals surface area contributed by atoms with Gasteiger partial charge in [0.25, 0.3) is 5.91 Å². The summed E-state index contributed by atoms with van der Waals surface area (Å²) in [5.41, 5.74) is 1.16. The summed E-state index contributed by atoms with van der Waals surface area (Å²) in [5.74, 6) is -0.551. The summed E-state index contributed by atoms with van der Waals surface area (Å²) in [5, 5.41) is 0.700. The third kappa shape index (κ3) is 3.05. The van der Waals surface area contributed by atoms with Crippen molar-refractivity contribution in [3.63, 3.8) is 0 Å². The number of benzene rings is 2. The zero-order chi connectivity index (χ0) is 17.4. The molecule has 0 spiro atoms. The van der Waals surface area contributed by atoms with Gasteiger partial charge in [0.05, 0.1) is 5.56 Å². The van der Waals surface area contributed by atoms with Crippen molar-refractivity contribution < 1.29 is 9.18 Å². The van der Waals surface area contributed by atoms with Crippen molar-refractivity contribution in [1.29, 1.82) is 0 Å². The Bertz CT molecular complexity index is 1010. The van der Waals surface area contributed by atoms with Crippen LogP contribution in [0.2, 0.25) is 0 Å². The Labute approximate surface area is 143 Å². The maximum atomic E-state index is 14.0. The van der Waals surface area contributed by atoms with Crippen LogP contribution in [0.15, 0.2) is 59.4 Å². The monoisotopic (exact) mass is 336 g/mol. The lowest BCUT2D eigenvalue weighted by molar-refractivity contribution is 0.0730. The van der Waals surface area contributed by atoms with Gasteiger partial charge in [-0.25, -0.2) is 4.39 Å². The van der Waals surface area contributed by atoms with Crippen LogP contribution >= 0.6 is 0 Å². The second-order valence-electron chi connectivity index (χ2n) is 6.35. The summed E-state index contributed by atoms with van der Waals surface area (Å²) < 4.78 is 14.0. The highest BCUT2D eigenvalue weighted by molar-refractivity contribution is 6.06. The molecule has 0 unspecified atom stereocenters.